The summed E-state index contributed by atoms with van der Waals surface area (Å²) in [7, 11) is 1.48. The molecular formula is C10H18ClNO2. The van der Waals surface area contributed by atoms with Gasteiger partial charge in [0.1, 0.15) is 0 Å². The summed E-state index contributed by atoms with van der Waals surface area (Å²) in [6.07, 6.45) is 4.35. The predicted molar refractivity (Wildman–Crippen MR) is 56.2 cm³/mol. The molecule has 2 N–H and O–H groups in total. The fourth-order valence-electron chi connectivity index (χ4n) is 2.92. The Balaban J connectivity index is 0.000000980. The molecule has 3 aliphatic rings. The Kier molecular flexibility index (Phi) is 3.78. The van der Waals surface area contributed by atoms with Gasteiger partial charge in [-0.15, -0.1) is 12.4 Å². The molecule has 4 atom stereocenters. The van der Waals surface area contributed by atoms with E-state index in [1.807, 2.05) is 0 Å². The Morgan fingerprint density at radius 3 is 2.36 bits per heavy atom. The number of halogens is 1. The van der Waals surface area contributed by atoms with E-state index in [1.54, 1.807) is 0 Å². The van der Waals surface area contributed by atoms with Crippen molar-refractivity contribution in [2.24, 2.45) is 23.5 Å². The molecule has 0 spiro atoms. The van der Waals surface area contributed by atoms with Crippen LogP contribution in [-0.2, 0) is 9.53 Å². The molecule has 0 aromatic heterocycles. The maximum Gasteiger partial charge on any atom is 0.308 e. The normalized spacial score (nSPS) is 40.1. The molecule has 0 saturated heterocycles. The molecule has 4 heteroatoms. The SMILES string of the molecule is COC(=O)[C@H]1C[C@@H]2CC[C@H]1C[C@@H]2N.Cl. The molecule has 14 heavy (non-hydrogen) atoms. The highest BCUT2D eigenvalue weighted by Gasteiger charge is 2.43. The summed E-state index contributed by atoms with van der Waals surface area (Å²) in [4.78, 5) is 11.4. The zero-order valence-corrected chi connectivity index (χ0v) is 9.26. The first-order valence-electron chi connectivity index (χ1n) is 5.05. The van der Waals surface area contributed by atoms with Gasteiger partial charge in [0.2, 0.25) is 0 Å². The van der Waals surface area contributed by atoms with E-state index in [-0.39, 0.29) is 24.3 Å². The van der Waals surface area contributed by atoms with Crippen LogP contribution in [0.15, 0.2) is 0 Å². The van der Waals surface area contributed by atoms with Crippen LogP contribution in [0.4, 0.5) is 0 Å². The van der Waals surface area contributed by atoms with Crippen molar-refractivity contribution < 1.29 is 9.53 Å². The molecule has 2 bridgehead atoms. The molecule has 0 unspecified atom stereocenters. The van der Waals surface area contributed by atoms with Crippen LogP contribution in [0.3, 0.4) is 0 Å². The Hall–Kier alpha value is -0.280. The van der Waals surface area contributed by atoms with E-state index >= 15 is 0 Å². The maximum absolute atomic E-state index is 11.4. The molecule has 0 aliphatic heterocycles. The number of fused-ring (bicyclic) bond motifs is 3. The van der Waals surface area contributed by atoms with Gasteiger partial charge in [0.25, 0.3) is 0 Å². The van der Waals surface area contributed by atoms with E-state index in [0.717, 1.165) is 19.3 Å². The average molecular weight is 220 g/mol. The van der Waals surface area contributed by atoms with Gasteiger partial charge in [-0.05, 0) is 37.5 Å². The minimum absolute atomic E-state index is 0. The summed E-state index contributed by atoms with van der Waals surface area (Å²) in [6.45, 7) is 0. The zero-order valence-electron chi connectivity index (χ0n) is 8.44. The second-order valence-corrected chi connectivity index (χ2v) is 4.36. The first-order valence-corrected chi connectivity index (χ1v) is 5.05. The number of hydrogen-bond acceptors (Lipinski definition) is 3. The van der Waals surface area contributed by atoms with Gasteiger partial charge in [0, 0.05) is 6.04 Å². The van der Waals surface area contributed by atoms with Crippen molar-refractivity contribution >= 4 is 18.4 Å². The maximum atomic E-state index is 11.4. The van der Waals surface area contributed by atoms with E-state index in [4.69, 9.17) is 10.5 Å². The number of rotatable bonds is 1. The lowest BCUT2D eigenvalue weighted by atomic mass is 9.62. The van der Waals surface area contributed by atoms with Gasteiger partial charge in [-0.25, -0.2) is 0 Å². The van der Waals surface area contributed by atoms with Crippen molar-refractivity contribution in [1.29, 1.82) is 0 Å². The number of hydrogen-bond donors (Lipinski definition) is 1. The van der Waals surface area contributed by atoms with Gasteiger partial charge in [-0.1, -0.05) is 0 Å². The van der Waals surface area contributed by atoms with Crippen molar-refractivity contribution in [3.8, 4) is 0 Å². The van der Waals surface area contributed by atoms with Crippen LogP contribution in [0.5, 0.6) is 0 Å². The van der Waals surface area contributed by atoms with Crippen LogP contribution >= 0.6 is 12.4 Å². The summed E-state index contributed by atoms with van der Waals surface area (Å²) >= 11 is 0. The van der Waals surface area contributed by atoms with E-state index in [9.17, 15) is 4.79 Å². The third-order valence-electron chi connectivity index (χ3n) is 3.72. The molecular weight excluding hydrogens is 202 g/mol. The minimum Gasteiger partial charge on any atom is -0.469 e. The molecule has 82 valence electrons. The fourth-order valence-corrected chi connectivity index (χ4v) is 2.92. The number of methoxy groups -OCH3 is 1. The van der Waals surface area contributed by atoms with Crippen molar-refractivity contribution in [3.63, 3.8) is 0 Å². The zero-order chi connectivity index (χ0) is 9.42. The Bertz CT molecular complexity index is 222. The summed E-state index contributed by atoms with van der Waals surface area (Å²) in [5, 5.41) is 0. The predicted octanol–water partition coefficient (Wildman–Crippen LogP) is 1.34. The van der Waals surface area contributed by atoms with Crippen LogP contribution in [0.2, 0.25) is 0 Å². The molecule has 3 saturated carbocycles. The van der Waals surface area contributed by atoms with Gasteiger partial charge in [-0.2, -0.15) is 0 Å². The van der Waals surface area contributed by atoms with Gasteiger partial charge < -0.3 is 10.5 Å². The lowest BCUT2D eigenvalue weighted by Crippen LogP contribution is -2.47. The Morgan fingerprint density at radius 2 is 1.93 bits per heavy atom. The van der Waals surface area contributed by atoms with E-state index < -0.39 is 0 Å². The second-order valence-electron chi connectivity index (χ2n) is 4.36. The van der Waals surface area contributed by atoms with Crippen molar-refractivity contribution in [2.45, 2.75) is 31.7 Å². The number of ether oxygens (including phenoxy) is 1. The molecule has 0 aromatic carbocycles. The minimum atomic E-state index is -0.0263. The molecule has 0 radical (unpaired) electrons. The fraction of sp³-hybridized carbons (Fsp3) is 0.900. The van der Waals surface area contributed by atoms with Gasteiger partial charge >= 0.3 is 5.97 Å². The number of carbonyl (C=O) groups excluding carboxylic acids is 1. The summed E-state index contributed by atoms with van der Waals surface area (Å²) in [5.41, 5.74) is 5.97. The van der Waals surface area contributed by atoms with Crippen molar-refractivity contribution in [3.05, 3.63) is 0 Å². The first-order chi connectivity index (χ1) is 6.22. The highest BCUT2D eigenvalue weighted by Crippen LogP contribution is 2.44. The van der Waals surface area contributed by atoms with Gasteiger partial charge in [0.05, 0.1) is 13.0 Å². The van der Waals surface area contributed by atoms with Crippen molar-refractivity contribution in [2.75, 3.05) is 7.11 Å². The van der Waals surface area contributed by atoms with E-state index in [1.165, 1.54) is 13.5 Å². The summed E-state index contributed by atoms with van der Waals surface area (Å²) in [5.74, 6) is 1.17. The number of esters is 1. The molecule has 3 fully saturated rings. The van der Waals surface area contributed by atoms with Gasteiger partial charge in [0.15, 0.2) is 0 Å². The van der Waals surface area contributed by atoms with Crippen LogP contribution in [0.1, 0.15) is 25.7 Å². The third kappa shape index (κ3) is 1.89. The standard InChI is InChI=1S/C10H17NO2.ClH/c1-13-10(12)8-4-7-3-2-6(8)5-9(7)11;/h6-9H,2-5,11H2,1H3;1H/t6-,7-,8-,9-;/m0./s1. The van der Waals surface area contributed by atoms with Crippen LogP contribution < -0.4 is 5.73 Å². The van der Waals surface area contributed by atoms with E-state index in [2.05, 4.69) is 0 Å². The quantitative estimate of drug-likeness (QED) is 0.678. The largest absolute Gasteiger partial charge is 0.469 e. The van der Waals surface area contributed by atoms with E-state index in [0.29, 0.717) is 17.9 Å². The summed E-state index contributed by atoms with van der Waals surface area (Å²) < 4.78 is 4.80. The smallest absolute Gasteiger partial charge is 0.308 e. The molecule has 0 amide bonds. The second kappa shape index (κ2) is 4.49. The molecule has 3 aliphatic carbocycles. The highest BCUT2D eigenvalue weighted by molar-refractivity contribution is 5.85. The lowest BCUT2D eigenvalue weighted by Gasteiger charge is -2.44. The first kappa shape index (κ1) is 11.8. The number of nitrogens with two attached hydrogens (primary N) is 1. The summed E-state index contributed by atoms with van der Waals surface area (Å²) in [6, 6.07) is 0.333. The Labute approximate surface area is 90.8 Å². The van der Waals surface area contributed by atoms with Crippen molar-refractivity contribution in [1.82, 2.24) is 0 Å². The number of carbonyl (C=O) groups is 1. The van der Waals surface area contributed by atoms with Gasteiger partial charge in [-0.3, -0.25) is 4.79 Å². The lowest BCUT2D eigenvalue weighted by molar-refractivity contribution is -0.151. The van der Waals surface area contributed by atoms with Crippen LogP contribution in [-0.4, -0.2) is 19.1 Å². The molecule has 3 rings (SSSR count). The Morgan fingerprint density at radius 1 is 1.29 bits per heavy atom. The van der Waals surface area contributed by atoms with Crippen LogP contribution in [0.25, 0.3) is 0 Å². The molecule has 0 heterocycles. The third-order valence-corrected chi connectivity index (χ3v) is 3.72. The topological polar surface area (TPSA) is 52.3 Å². The molecule has 0 aromatic rings. The van der Waals surface area contributed by atoms with Crippen LogP contribution in [0, 0.1) is 17.8 Å². The molecule has 3 nitrogen and oxygen atoms in total. The monoisotopic (exact) mass is 219 g/mol. The average Bonchev–Trinajstić information content (AvgIpc) is 2.17. The highest BCUT2D eigenvalue weighted by atomic mass is 35.5.